The topological polar surface area (TPSA) is 50.4 Å². The van der Waals surface area contributed by atoms with Crippen LogP contribution in [0.4, 0.5) is 0 Å². The minimum atomic E-state index is 0.0787. The zero-order valence-electron chi connectivity index (χ0n) is 9.34. The van der Waals surface area contributed by atoms with Crippen LogP contribution < -0.4 is 10.6 Å². The van der Waals surface area contributed by atoms with Gasteiger partial charge in [-0.3, -0.25) is 4.79 Å². The Morgan fingerprint density at radius 1 is 1.60 bits per heavy atom. The van der Waals surface area contributed by atoms with E-state index >= 15 is 0 Å². The molecule has 2 heterocycles. The average molecular weight is 212 g/mol. The first-order chi connectivity index (χ1) is 7.18. The summed E-state index contributed by atoms with van der Waals surface area (Å²) in [7, 11) is 0. The van der Waals surface area contributed by atoms with Crippen molar-refractivity contribution in [1.29, 1.82) is 0 Å². The Morgan fingerprint density at radius 2 is 2.47 bits per heavy atom. The van der Waals surface area contributed by atoms with Crippen LogP contribution in [0.2, 0.25) is 0 Å². The normalized spacial score (nSPS) is 37.4. The molecule has 2 unspecified atom stereocenters. The number of nitrogens with one attached hydrogen (secondary N) is 2. The fourth-order valence-electron chi connectivity index (χ4n) is 2.37. The molecule has 2 fully saturated rings. The fraction of sp³-hybridized carbons (Fsp3) is 0.909. The van der Waals surface area contributed by atoms with E-state index in [-0.39, 0.29) is 11.4 Å². The lowest BCUT2D eigenvalue weighted by Crippen LogP contribution is -2.49. The van der Waals surface area contributed by atoms with E-state index in [1.54, 1.807) is 0 Å². The molecule has 2 atom stereocenters. The van der Waals surface area contributed by atoms with Gasteiger partial charge in [-0.05, 0) is 26.2 Å². The Kier molecular flexibility index (Phi) is 3.26. The summed E-state index contributed by atoms with van der Waals surface area (Å²) in [4.78, 5) is 11.4. The van der Waals surface area contributed by atoms with Crippen LogP contribution >= 0.6 is 0 Å². The van der Waals surface area contributed by atoms with Crippen LogP contribution in [0.1, 0.15) is 32.6 Å². The van der Waals surface area contributed by atoms with E-state index in [9.17, 15) is 4.79 Å². The minimum absolute atomic E-state index is 0.0787. The Labute approximate surface area is 90.8 Å². The van der Waals surface area contributed by atoms with Gasteiger partial charge in [-0.1, -0.05) is 0 Å². The number of carbonyl (C=O) groups excluding carboxylic acids is 1. The van der Waals surface area contributed by atoms with Crippen molar-refractivity contribution >= 4 is 5.91 Å². The molecule has 2 saturated heterocycles. The Morgan fingerprint density at radius 3 is 3.20 bits per heavy atom. The predicted octanol–water partition coefficient (Wildman–Crippen LogP) is 0.424. The molecule has 0 spiro atoms. The third-order valence-electron chi connectivity index (χ3n) is 3.25. The largest absolute Gasteiger partial charge is 0.379 e. The van der Waals surface area contributed by atoms with Crippen molar-refractivity contribution in [2.45, 2.75) is 44.2 Å². The van der Waals surface area contributed by atoms with Gasteiger partial charge in [0, 0.05) is 31.2 Å². The maximum absolute atomic E-state index is 11.4. The molecule has 15 heavy (non-hydrogen) atoms. The van der Waals surface area contributed by atoms with Crippen LogP contribution in [0.3, 0.4) is 0 Å². The molecule has 0 saturated carbocycles. The molecular formula is C11H20N2O2. The number of carbonyl (C=O) groups is 1. The maximum atomic E-state index is 11.4. The van der Waals surface area contributed by atoms with E-state index < -0.39 is 0 Å². The lowest BCUT2D eigenvalue weighted by atomic mass is 9.98. The number of rotatable bonds is 2. The molecule has 86 valence electrons. The standard InChI is InChI=1S/C11H20N2O2/c1-11(4-6-15-8-11)13-9-3-2-5-12-10(14)7-9/h9,13H,2-8H2,1H3,(H,12,14). The van der Waals surface area contributed by atoms with Gasteiger partial charge in [-0.25, -0.2) is 0 Å². The molecule has 0 aromatic rings. The third kappa shape index (κ3) is 2.92. The van der Waals surface area contributed by atoms with Crippen molar-refractivity contribution in [2.75, 3.05) is 19.8 Å². The zero-order chi connectivity index (χ0) is 10.7. The Hall–Kier alpha value is -0.610. The summed E-state index contributed by atoms with van der Waals surface area (Å²) in [6.45, 7) is 4.61. The van der Waals surface area contributed by atoms with Gasteiger partial charge in [-0.15, -0.1) is 0 Å². The van der Waals surface area contributed by atoms with Gasteiger partial charge in [0.1, 0.15) is 0 Å². The fourth-order valence-corrected chi connectivity index (χ4v) is 2.37. The Bertz CT molecular complexity index is 237. The van der Waals surface area contributed by atoms with Crippen LogP contribution in [0.15, 0.2) is 0 Å². The van der Waals surface area contributed by atoms with E-state index in [1.165, 1.54) is 0 Å². The molecule has 0 aromatic heterocycles. The second-order valence-corrected chi connectivity index (χ2v) is 4.90. The third-order valence-corrected chi connectivity index (χ3v) is 3.25. The smallest absolute Gasteiger partial charge is 0.221 e. The van der Waals surface area contributed by atoms with Crippen molar-refractivity contribution in [3.05, 3.63) is 0 Å². The number of hydrogen-bond donors (Lipinski definition) is 2. The molecule has 0 aromatic carbocycles. The summed E-state index contributed by atoms with van der Waals surface area (Å²) in [5.41, 5.74) is 0.0787. The first kappa shape index (κ1) is 10.9. The molecule has 4 heteroatoms. The highest BCUT2D eigenvalue weighted by atomic mass is 16.5. The lowest BCUT2D eigenvalue weighted by molar-refractivity contribution is -0.121. The Balaban J connectivity index is 1.89. The van der Waals surface area contributed by atoms with E-state index in [0.717, 1.165) is 39.0 Å². The molecule has 0 aliphatic carbocycles. The van der Waals surface area contributed by atoms with E-state index in [1.807, 2.05) is 0 Å². The summed E-state index contributed by atoms with van der Waals surface area (Å²) >= 11 is 0. The average Bonchev–Trinajstić information content (AvgIpc) is 2.49. The minimum Gasteiger partial charge on any atom is -0.379 e. The molecule has 1 amide bonds. The van der Waals surface area contributed by atoms with Crippen LogP contribution in [0.5, 0.6) is 0 Å². The number of ether oxygens (including phenoxy) is 1. The van der Waals surface area contributed by atoms with Crippen molar-refractivity contribution < 1.29 is 9.53 Å². The van der Waals surface area contributed by atoms with Crippen molar-refractivity contribution in [3.8, 4) is 0 Å². The molecule has 2 rings (SSSR count). The highest BCUT2D eigenvalue weighted by Gasteiger charge is 2.32. The van der Waals surface area contributed by atoms with Crippen LogP contribution in [-0.4, -0.2) is 37.2 Å². The summed E-state index contributed by atoms with van der Waals surface area (Å²) in [6.07, 6.45) is 3.80. The molecule has 0 bridgehead atoms. The van der Waals surface area contributed by atoms with Gasteiger partial charge < -0.3 is 15.4 Å². The summed E-state index contributed by atoms with van der Waals surface area (Å²) in [6, 6.07) is 0.319. The van der Waals surface area contributed by atoms with Gasteiger partial charge in [-0.2, -0.15) is 0 Å². The highest BCUT2D eigenvalue weighted by molar-refractivity contribution is 5.76. The summed E-state index contributed by atoms with van der Waals surface area (Å²) in [5.74, 6) is 0.174. The first-order valence-electron chi connectivity index (χ1n) is 5.80. The quantitative estimate of drug-likeness (QED) is 0.697. The van der Waals surface area contributed by atoms with E-state index in [0.29, 0.717) is 12.5 Å². The SMILES string of the molecule is CC1(NC2CCCNC(=O)C2)CCOC1. The van der Waals surface area contributed by atoms with Crippen LogP contribution in [-0.2, 0) is 9.53 Å². The predicted molar refractivity (Wildman–Crippen MR) is 57.6 cm³/mol. The number of hydrogen-bond acceptors (Lipinski definition) is 3. The van der Waals surface area contributed by atoms with E-state index in [4.69, 9.17) is 4.74 Å². The lowest BCUT2D eigenvalue weighted by Gasteiger charge is -2.29. The second kappa shape index (κ2) is 4.49. The molecular weight excluding hydrogens is 192 g/mol. The number of amides is 1. The van der Waals surface area contributed by atoms with E-state index in [2.05, 4.69) is 17.6 Å². The summed E-state index contributed by atoms with van der Waals surface area (Å²) in [5, 5.41) is 6.48. The molecule has 2 N–H and O–H groups in total. The molecule has 2 aliphatic rings. The van der Waals surface area contributed by atoms with Crippen molar-refractivity contribution in [1.82, 2.24) is 10.6 Å². The summed E-state index contributed by atoms with van der Waals surface area (Å²) < 4.78 is 5.40. The molecule has 4 nitrogen and oxygen atoms in total. The van der Waals surface area contributed by atoms with Crippen molar-refractivity contribution in [2.24, 2.45) is 0 Å². The molecule has 2 aliphatic heterocycles. The maximum Gasteiger partial charge on any atom is 0.221 e. The van der Waals surface area contributed by atoms with Gasteiger partial charge in [0.2, 0.25) is 5.91 Å². The van der Waals surface area contributed by atoms with Gasteiger partial charge in [0.05, 0.1) is 6.61 Å². The second-order valence-electron chi connectivity index (χ2n) is 4.90. The highest BCUT2D eigenvalue weighted by Crippen LogP contribution is 2.20. The van der Waals surface area contributed by atoms with Gasteiger partial charge >= 0.3 is 0 Å². The first-order valence-corrected chi connectivity index (χ1v) is 5.80. The molecule has 0 radical (unpaired) electrons. The van der Waals surface area contributed by atoms with Gasteiger partial charge in [0.15, 0.2) is 0 Å². The van der Waals surface area contributed by atoms with Crippen LogP contribution in [0.25, 0.3) is 0 Å². The van der Waals surface area contributed by atoms with Crippen molar-refractivity contribution in [3.63, 3.8) is 0 Å². The van der Waals surface area contributed by atoms with Gasteiger partial charge in [0.25, 0.3) is 0 Å². The van der Waals surface area contributed by atoms with Crippen LogP contribution in [0, 0.1) is 0 Å². The zero-order valence-corrected chi connectivity index (χ0v) is 9.34. The monoisotopic (exact) mass is 212 g/mol.